The number of aromatic nitrogens is 4. The number of aryl methyl sites for hydroxylation is 2. The minimum atomic E-state index is -5.04. The highest BCUT2D eigenvalue weighted by Gasteiger charge is 2.44. The molecule has 2 aliphatic heterocycles. The van der Waals surface area contributed by atoms with Crippen LogP contribution in [0.3, 0.4) is 0 Å². The number of H-pyrrole nitrogens is 2. The number of phosphoric ester groups is 1. The highest BCUT2D eigenvalue weighted by Crippen LogP contribution is 2.45. The molecule has 77 heavy (non-hydrogen) atoms. The van der Waals surface area contributed by atoms with Gasteiger partial charge in [-0.25, -0.2) is 14.2 Å². The van der Waals surface area contributed by atoms with Crippen LogP contribution in [-0.4, -0.2) is 112 Å². The first-order valence-corrected chi connectivity index (χ1v) is 28.3. The molecule has 2 aromatic heterocycles. The Bertz CT molecular complexity index is 2810. The lowest BCUT2D eigenvalue weighted by Gasteiger charge is -2.37. The van der Waals surface area contributed by atoms with E-state index in [1.165, 1.54) is 41.2 Å². The van der Waals surface area contributed by atoms with Crippen molar-refractivity contribution < 1.29 is 52.0 Å². The number of rotatable bonds is 28. The summed E-state index contributed by atoms with van der Waals surface area (Å²) in [5.41, 5.74) is -0.453. The number of methoxy groups -OCH3 is 2. The Hall–Kier alpha value is -5.51. The summed E-state index contributed by atoms with van der Waals surface area (Å²) in [5.74, 6) is 1.29. The Morgan fingerprint density at radius 2 is 1.09 bits per heavy atom. The molecule has 4 heterocycles. The molecule has 3 aromatic carbocycles. The number of nitrogens with one attached hydrogen (secondary N) is 2. The zero-order chi connectivity index (χ0) is 55.5. The average molecular weight is 1090 g/mol. The normalized spacial score (nSPS) is 19.6. The maximum atomic E-state index is 13.5. The van der Waals surface area contributed by atoms with Gasteiger partial charge in [0, 0.05) is 36.4 Å². The first-order chi connectivity index (χ1) is 37.1. The van der Waals surface area contributed by atoms with E-state index in [4.69, 9.17) is 37.7 Å². The molecule has 0 aliphatic carbocycles. The van der Waals surface area contributed by atoms with Gasteiger partial charge in [-0.15, -0.1) is 0 Å². The first kappa shape index (κ1) is 60.7. The van der Waals surface area contributed by atoms with Crippen molar-refractivity contribution in [1.82, 2.24) is 24.0 Å². The van der Waals surface area contributed by atoms with Gasteiger partial charge < -0.3 is 47.8 Å². The largest absolute Gasteiger partial charge is 0.497 e. The van der Waals surface area contributed by atoms with Crippen LogP contribution >= 0.6 is 7.82 Å². The lowest BCUT2D eigenvalue weighted by molar-refractivity contribution is -0.151. The molecule has 0 radical (unpaired) electrons. The third-order valence-corrected chi connectivity index (χ3v) is 14.6. The van der Waals surface area contributed by atoms with Gasteiger partial charge in [0.2, 0.25) is 0 Å². The molecule has 0 bridgehead atoms. The maximum absolute atomic E-state index is 13.5. The fraction of sp³-hybridized carbons (Fsp3) is 0.536. The van der Waals surface area contributed by atoms with E-state index in [0.717, 1.165) is 55.2 Å². The van der Waals surface area contributed by atoms with E-state index >= 15 is 0 Å². The van der Waals surface area contributed by atoms with Gasteiger partial charge in [-0.2, -0.15) is 0 Å². The number of aromatic amines is 2. The van der Waals surface area contributed by atoms with Gasteiger partial charge in [-0.05, 0) is 86.3 Å². The molecule has 6 atom stereocenters. The number of unbranched alkanes of at least 4 members (excludes halogenated alkanes) is 4. The van der Waals surface area contributed by atoms with Crippen LogP contribution in [0.4, 0.5) is 0 Å². The molecule has 2 aliphatic rings. The van der Waals surface area contributed by atoms with E-state index < -0.39 is 72.8 Å². The van der Waals surface area contributed by atoms with Crippen LogP contribution in [0.2, 0.25) is 0 Å². The Balaban J connectivity index is 0.00000128. The molecule has 20 nitrogen and oxygen atoms in total. The summed E-state index contributed by atoms with van der Waals surface area (Å²) in [6.07, 6.45) is 3.12. The van der Waals surface area contributed by atoms with E-state index in [2.05, 4.69) is 42.6 Å². The minimum absolute atomic E-state index is 0.0878. The highest BCUT2D eigenvalue weighted by molar-refractivity contribution is 7.46. The molecule has 422 valence electrons. The summed E-state index contributed by atoms with van der Waals surface area (Å²) in [6, 6.07) is 24.8. The van der Waals surface area contributed by atoms with E-state index in [0.29, 0.717) is 35.5 Å². The number of hydrogen-bond acceptors (Lipinski definition) is 14. The summed E-state index contributed by atoms with van der Waals surface area (Å²) < 4.78 is 63.2. The number of phosphoric acid groups is 1. The van der Waals surface area contributed by atoms with Crippen molar-refractivity contribution in [2.75, 3.05) is 53.9 Å². The van der Waals surface area contributed by atoms with Crippen molar-refractivity contribution in [1.29, 1.82) is 0 Å². The lowest BCUT2D eigenvalue weighted by atomic mass is 9.80. The second-order valence-corrected chi connectivity index (χ2v) is 20.2. The van der Waals surface area contributed by atoms with Crippen LogP contribution in [0.25, 0.3) is 0 Å². The second-order valence-electron chi connectivity index (χ2n) is 19.0. The molecule has 2 unspecified atom stereocenters. The molecule has 4 N–H and O–H groups in total. The van der Waals surface area contributed by atoms with E-state index in [1.807, 2.05) is 85.8 Å². The zero-order valence-electron chi connectivity index (χ0n) is 45.4. The summed E-state index contributed by atoms with van der Waals surface area (Å²) in [7, 11) is -1.86. The Kier molecular flexibility index (Phi) is 23.2. The van der Waals surface area contributed by atoms with Gasteiger partial charge in [0.1, 0.15) is 54.7 Å². The zero-order valence-corrected chi connectivity index (χ0v) is 46.3. The van der Waals surface area contributed by atoms with Crippen LogP contribution in [-0.2, 0) is 51.2 Å². The molecule has 2 saturated heterocycles. The van der Waals surface area contributed by atoms with Crippen molar-refractivity contribution in [3.8, 4) is 11.5 Å². The number of hydrogen-bond donors (Lipinski definition) is 4. The fourth-order valence-electron chi connectivity index (χ4n) is 9.73. The molecule has 0 spiro atoms. The van der Waals surface area contributed by atoms with Crippen molar-refractivity contribution >= 4 is 7.82 Å². The Morgan fingerprint density at radius 1 is 0.636 bits per heavy atom. The predicted molar refractivity (Wildman–Crippen MR) is 290 cm³/mol. The molecule has 7 rings (SSSR count). The molecular formula is C56H78N5O15P. The van der Waals surface area contributed by atoms with Gasteiger partial charge in [-0.1, -0.05) is 115 Å². The van der Waals surface area contributed by atoms with Crippen molar-refractivity contribution in [3.63, 3.8) is 0 Å². The standard InChI is InChI=1S/C50H63N4O15P.C6H15N/c1-5-7-10-14-33-28-53(48(57)51-46(33)55)44-26-40(65-32-64-30-42-41(69-70(59,60)61)27-45(67-42)54-29-34(15-11-8-6-2)47(56)52-49(54)58)43(68-44)31-66-50(35-16-12-9-13-17-35,36-18-22-38(62-3)23-19-36)37-20-24-39(63-4)25-21-37;1-4-7(5-2)6-3/h9,12-13,16-25,28-29,40-45H,5-8,10-11,14-15,26-27,30-32H2,1-4H3,(H,51,55,57)(H,52,56,58)(H2,59,60,61);4-6H2,1-3H3/t40?,41?,42-,43-,44-,45-;/m0./s1. The van der Waals surface area contributed by atoms with E-state index in [1.54, 1.807) is 14.2 Å². The van der Waals surface area contributed by atoms with Crippen molar-refractivity contribution in [2.45, 2.75) is 141 Å². The summed E-state index contributed by atoms with van der Waals surface area (Å²) in [4.78, 5) is 78.8. The smallest absolute Gasteiger partial charge is 0.469 e. The average Bonchev–Trinajstić information content (AvgIpc) is 4.02. The number of ether oxygens (including phenoxy) is 7. The second kappa shape index (κ2) is 29.5. The van der Waals surface area contributed by atoms with Crippen molar-refractivity contribution in [3.05, 3.63) is 161 Å². The third-order valence-electron chi connectivity index (χ3n) is 14.1. The minimum Gasteiger partial charge on any atom is -0.497 e. The number of benzene rings is 3. The summed E-state index contributed by atoms with van der Waals surface area (Å²) in [6.45, 7) is 13.5. The highest BCUT2D eigenvalue weighted by atomic mass is 31.2. The Morgan fingerprint density at radius 3 is 1.52 bits per heavy atom. The van der Waals surface area contributed by atoms with Crippen LogP contribution in [0, 0.1) is 0 Å². The van der Waals surface area contributed by atoms with Crippen molar-refractivity contribution in [2.24, 2.45) is 0 Å². The number of nitrogens with zero attached hydrogens (tertiary/aromatic N) is 3. The Labute approximate surface area is 449 Å². The van der Waals surface area contributed by atoms with Gasteiger partial charge in [0.15, 0.2) is 0 Å². The molecule has 21 heteroatoms. The van der Waals surface area contributed by atoms with Crippen LogP contribution in [0.1, 0.15) is 126 Å². The van der Waals surface area contributed by atoms with E-state index in [9.17, 15) is 33.5 Å². The maximum Gasteiger partial charge on any atom is 0.469 e. The molecular weight excluding hydrogens is 1010 g/mol. The summed E-state index contributed by atoms with van der Waals surface area (Å²) in [5, 5.41) is 0. The van der Waals surface area contributed by atoms with Gasteiger partial charge in [-0.3, -0.25) is 33.2 Å². The molecule has 0 saturated carbocycles. The van der Waals surface area contributed by atoms with Gasteiger partial charge in [0.25, 0.3) is 11.1 Å². The molecule has 5 aromatic rings. The van der Waals surface area contributed by atoms with E-state index in [-0.39, 0.29) is 32.8 Å². The predicted octanol–water partition coefficient (Wildman–Crippen LogP) is 7.34. The first-order valence-electron chi connectivity index (χ1n) is 26.7. The monoisotopic (exact) mass is 1090 g/mol. The van der Waals surface area contributed by atoms with Gasteiger partial charge >= 0.3 is 19.2 Å². The molecule has 2 fully saturated rings. The van der Waals surface area contributed by atoms with Gasteiger partial charge in [0.05, 0.1) is 33.5 Å². The summed E-state index contributed by atoms with van der Waals surface area (Å²) >= 11 is 0. The fourth-order valence-corrected chi connectivity index (χ4v) is 10.3. The topological polar surface area (TPSA) is 244 Å². The third kappa shape index (κ3) is 16.3. The van der Waals surface area contributed by atoms with Crippen LogP contribution in [0.5, 0.6) is 11.5 Å². The SMILES string of the molecule is CCCCCc1cn([C@@H]2CC(OCOC[C@@H]3O[C@H](n4cc(CCCCC)c(=O)[nH]c4=O)CC3OP(=O)(O)O)[C@H](COC(c3ccccc3)(c3ccc(OC)cc3)c3ccc(OC)cc3)O2)c(=O)[nH]c1=O.CCN(CC)CC. The van der Waals surface area contributed by atoms with Crippen LogP contribution < -0.4 is 32.0 Å². The lowest BCUT2D eigenvalue weighted by Crippen LogP contribution is -2.39. The molecule has 0 amide bonds. The van der Waals surface area contributed by atoms with Crippen LogP contribution in [0.15, 0.2) is 110 Å². The quantitative estimate of drug-likeness (QED) is 0.0166.